The molecule has 0 bridgehead atoms. The van der Waals surface area contributed by atoms with Crippen molar-refractivity contribution in [2.45, 2.75) is 51.2 Å². The van der Waals surface area contributed by atoms with Crippen molar-refractivity contribution in [1.29, 1.82) is 0 Å². The second kappa shape index (κ2) is 6.41. The molecule has 0 spiro atoms. The molecule has 1 aliphatic heterocycles. The second-order valence-electron chi connectivity index (χ2n) is 6.83. The van der Waals surface area contributed by atoms with Gasteiger partial charge in [0.25, 0.3) is 0 Å². The molecule has 4 heteroatoms. The Morgan fingerprint density at radius 1 is 1.24 bits per heavy atom. The number of carbonyl (C=O) groups is 1. The smallest absolute Gasteiger partial charge is 0.241 e. The normalized spacial score (nSPS) is 22.9. The first-order valence-electron chi connectivity index (χ1n) is 7.56. The predicted molar refractivity (Wildman–Crippen MR) is 89.3 cm³/mol. The van der Waals surface area contributed by atoms with E-state index < -0.39 is 0 Å². The minimum Gasteiger partial charge on any atom is -0.321 e. The molecule has 1 heterocycles. The van der Waals surface area contributed by atoms with Gasteiger partial charge in [0.1, 0.15) is 6.17 Å². The minimum absolute atomic E-state index is 0.00224. The third-order valence-corrected chi connectivity index (χ3v) is 4.48. The van der Waals surface area contributed by atoms with Crippen LogP contribution in [0.1, 0.15) is 45.8 Å². The van der Waals surface area contributed by atoms with Gasteiger partial charge in [0.2, 0.25) is 5.91 Å². The number of carbonyl (C=O) groups excluding carboxylic acids is 1. The molecule has 2 unspecified atom stereocenters. The van der Waals surface area contributed by atoms with Crippen molar-refractivity contribution in [2.24, 2.45) is 5.41 Å². The fourth-order valence-electron chi connectivity index (χ4n) is 2.71. The molecule has 1 saturated heterocycles. The third-order valence-electron chi connectivity index (χ3n) is 3.74. The Morgan fingerprint density at radius 3 is 2.33 bits per heavy atom. The van der Waals surface area contributed by atoms with Crippen molar-refractivity contribution >= 4 is 17.7 Å². The van der Waals surface area contributed by atoms with E-state index in [1.54, 1.807) is 11.8 Å². The molecule has 0 radical (unpaired) electrons. The summed E-state index contributed by atoms with van der Waals surface area (Å²) in [5.41, 5.74) is 1.26. The molecule has 0 saturated carbocycles. The first kappa shape index (κ1) is 16.4. The highest BCUT2D eigenvalue weighted by molar-refractivity contribution is 7.98. The predicted octanol–water partition coefficient (Wildman–Crippen LogP) is 3.66. The van der Waals surface area contributed by atoms with E-state index in [2.05, 4.69) is 63.5 Å². The zero-order chi connectivity index (χ0) is 15.6. The van der Waals surface area contributed by atoms with Gasteiger partial charge in [-0.15, -0.1) is 11.8 Å². The summed E-state index contributed by atoms with van der Waals surface area (Å²) in [7, 11) is 0. The monoisotopic (exact) mass is 306 g/mol. The Bertz CT molecular complexity index is 493. The largest absolute Gasteiger partial charge is 0.321 e. The first-order valence-corrected chi connectivity index (χ1v) is 8.78. The van der Waals surface area contributed by atoms with Gasteiger partial charge in [-0.05, 0) is 35.8 Å². The number of nitrogens with zero attached hydrogens (tertiary/aromatic N) is 1. The van der Waals surface area contributed by atoms with Gasteiger partial charge in [-0.1, -0.05) is 39.8 Å². The molecule has 0 aliphatic carbocycles. The maximum Gasteiger partial charge on any atom is 0.241 e. The van der Waals surface area contributed by atoms with Crippen LogP contribution in [0.5, 0.6) is 0 Å². The van der Waals surface area contributed by atoms with Crippen LogP contribution in [0.4, 0.5) is 0 Å². The maximum absolute atomic E-state index is 12.6. The molecule has 1 N–H and O–H groups in total. The van der Waals surface area contributed by atoms with Crippen LogP contribution in [0.15, 0.2) is 29.2 Å². The Labute approximate surface area is 132 Å². The summed E-state index contributed by atoms with van der Waals surface area (Å²) in [5.74, 6) is 0.228. The molecule has 2 atom stereocenters. The summed E-state index contributed by atoms with van der Waals surface area (Å²) in [6, 6.07) is 8.45. The molecule has 1 amide bonds. The van der Waals surface area contributed by atoms with Gasteiger partial charge in [-0.25, -0.2) is 0 Å². The number of amides is 1. The Kier molecular flexibility index (Phi) is 4.99. The first-order chi connectivity index (χ1) is 9.85. The number of hydrogen-bond donors (Lipinski definition) is 1. The minimum atomic E-state index is -0.0578. The van der Waals surface area contributed by atoms with Crippen molar-refractivity contribution in [3.05, 3.63) is 29.8 Å². The van der Waals surface area contributed by atoms with Crippen LogP contribution >= 0.6 is 11.8 Å². The highest BCUT2D eigenvalue weighted by atomic mass is 32.2. The van der Waals surface area contributed by atoms with Gasteiger partial charge in [0.05, 0.1) is 6.04 Å². The average Bonchev–Trinajstić information content (AvgIpc) is 2.74. The maximum atomic E-state index is 12.6. The Hall–Kier alpha value is -1.00. The molecule has 21 heavy (non-hydrogen) atoms. The summed E-state index contributed by atoms with van der Waals surface area (Å²) in [6.45, 7) is 9.35. The van der Waals surface area contributed by atoms with Crippen LogP contribution in [0.2, 0.25) is 0 Å². The molecule has 1 aliphatic rings. The SMILES string of the molecule is CCC1NC(c2ccc(SC)cc2)N(CC(C)(C)C)C1=O. The van der Waals surface area contributed by atoms with E-state index in [0.717, 1.165) is 13.0 Å². The summed E-state index contributed by atoms with van der Waals surface area (Å²) < 4.78 is 0. The van der Waals surface area contributed by atoms with Crippen LogP contribution in [0.25, 0.3) is 0 Å². The lowest BCUT2D eigenvalue weighted by Crippen LogP contribution is -2.37. The van der Waals surface area contributed by atoms with Gasteiger partial charge in [0, 0.05) is 11.4 Å². The quantitative estimate of drug-likeness (QED) is 0.862. The molecule has 2 rings (SSSR count). The molecule has 3 nitrogen and oxygen atoms in total. The van der Waals surface area contributed by atoms with Gasteiger partial charge >= 0.3 is 0 Å². The number of thioether (sulfide) groups is 1. The van der Waals surface area contributed by atoms with Crippen molar-refractivity contribution < 1.29 is 4.79 Å². The van der Waals surface area contributed by atoms with Gasteiger partial charge in [-0.3, -0.25) is 10.1 Å². The van der Waals surface area contributed by atoms with Crippen LogP contribution in [0.3, 0.4) is 0 Å². The van der Waals surface area contributed by atoms with Crippen LogP contribution < -0.4 is 5.32 Å². The summed E-state index contributed by atoms with van der Waals surface area (Å²) in [4.78, 5) is 15.8. The van der Waals surface area contributed by atoms with E-state index in [0.29, 0.717) is 0 Å². The lowest BCUT2D eigenvalue weighted by Gasteiger charge is -2.31. The highest BCUT2D eigenvalue weighted by Gasteiger charge is 2.39. The number of hydrogen-bond acceptors (Lipinski definition) is 3. The summed E-state index contributed by atoms with van der Waals surface area (Å²) in [5, 5.41) is 3.49. The van der Waals surface area contributed by atoms with E-state index in [1.165, 1.54) is 10.5 Å². The molecule has 116 valence electrons. The zero-order valence-corrected chi connectivity index (χ0v) is 14.5. The molecule has 1 aromatic carbocycles. The van der Waals surface area contributed by atoms with Gasteiger partial charge in [0.15, 0.2) is 0 Å². The third kappa shape index (κ3) is 3.80. The molecular formula is C17H26N2OS. The van der Waals surface area contributed by atoms with Gasteiger partial charge < -0.3 is 4.90 Å². The summed E-state index contributed by atoms with van der Waals surface area (Å²) in [6.07, 6.45) is 2.90. The van der Waals surface area contributed by atoms with Crippen molar-refractivity contribution in [1.82, 2.24) is 10.2 Å². The van der Waals surface area contributed by atoms with Gasteiger partial charge in [-0.2, -0.15) is 0 Å². The van der Waals surface area contributed by atoms with E-state index >= 15 is 0 Å². The standard InChI is InChI=1S/C17H26N2OS/c1-6-14-16(20)19(11-17(2,3)4)15(18-14)12-7-9-13(21-5)10-8-12/h7-10,14-15,18H,6,11H2,1-5H3. The van der Waals surface area contributed by atoms with Crippen LogP contribution in [0, 0.1) is 5.41 Å². The number of nitrogens with one attached hydrogen (secondary N) is 1. The average molecular weight is 306 g/mol. The zero-order valence-electron chi connectivity index (χ0n) is 13.6. The van der Waals surface area contributed by atoms with Crippen molar-refractivity contribution in [2.75, 3.05) is 12.8 Å². The lowest BCUT2D eigenvalue weighted by molar-refractivity contribution is -0.131. The van der Waals surface area contributed by atoms with E-state index in [9.17, 15) is 4.79 Å². The molecule has 1 aromatic rings. The fraction of sp³-hybridized carbons (Fsp3) is 0.588. The van der Waals surface area contributed by atoms with Crippen molar-refractivity contribution in [3.63, 3.8) is 0 Å². The summed E-state index contributed by atoms with van der Waals surface area (Å²) >= 11 is 1.74. The Balaban J connectivity index is 2.27. The lowest BCUT2D eigenvalue weighted by atomic mass is 9.95. The van der Waals surface area contributed by atoms with E-state index in [-0.39, 0.29) is 23.5 Å². The molecule has 1 fully saturated rings. The highest BCUT2D eigenvalue weighted by Crippen LogP contribution is 2.31. The van der Waals surface area contributed by atoms with Crippen LogP contribution in [-0.4, -0.2) is 29.6 Å². The fourth-order valence-corrected chi connectivity index (χ4v) is 3.12. The molecular weight excluding hydrogens is 280 g/mol. The second-order valence-corrected chi connectivity index (χ2v) is 7.71. The van der Waals surface area contributed by atoms with E-state index in [1.807, 2.05) is 4.90 Å². The van der Waals surface area contributed by atoms with Crippen molar-refractivity contribution in [3.8, 4) is 0 Å². The topological polar surface area (TPSA) is 32.3 Å². The Morgan fingerprint density at radius 2 is 1.86 bits per heavy atom. The number of benzene rings is 1. The molecule has 0 aromatic heterocycles. The van der Waals surface area contributed by atoms with Crippen LogP contribution in [-0.2, 0) is 4.79 Å². The number of rotatable bonds is 4. The van der Waals surface area contributed by atoms with E-state index in [4.69, 9.17) is 0 Å².